The minimum Gasteiger partial charge on any atom is -0.544 e. The number of fused-ring (bicyclic) bond motifs is 5. The maximum Gasteiger partial charge on any atom is 0.244 e. The Morgan fingerprint density at radius 3 is 2.40 bits per heavy atom. The summed E-state index contributed by atoms with van der Waals surface area (Å²) in [5.74, 6) is 3.57. The molecule has 30 heavy (non-hydrogen) atoms. The summed E-state index contributed by atoms with van der Waals surface area (Å²) >= 11 is 0. The molecule has 0 amide bonds. The third kappa shape index (κ3) is 4.09. The summed E-state index contributed by atoms with van der Waals surface area (Å²) in [6.07, 6.45) is 8.44. The average molecular weight is 445 g/mol. The van der Waals surface area contributed by atoms with Crippen molar-refractivity contribution in [1.29, 1.82) is 0 Å². The maximum atomic E-state index is 6.87. The summed E-state index contributed by atoms with van der Waals surface area (Å²) in [6.45, 7) is 16.6. The van der Waals surface area contributed by atoms with Gasteiger partial charge < -0.3 is 8.85 Å². The summed E-state index contributed by atoms with van der Waals surface area (Å²) in [4.78, 5) is 0. The lowest BCUT2D eigenvalue weighted by Gasteiger charge is -2.51. The SMILES string of the molecule is CC[Si](C)(C)Oc1ccc2c(c1)CCC1C2CCC2(C)C(O[Si](C)(C)CC)CCC12. The second-order valence-electron chi connectivity index (χ2n) is 11.8. The van der Waals surface area contributed by atoms with Crippen LogP contribution in [-0.2, 0) is 10.8 Å². The van der Waals surface area contributed by atoms with Crippen molar-refractivity contribution in [1.82, 2.24) is 0 Å². The topological polar surface area (TPSA) is 18.5 Å². The maximum absolute atomic E-state index is 6.87. The second kappa shape index (κ2) is 8.08. The molecule has 0 bridgehead atoms. The van der Waals surface area contributed by atoms with E-state index in [1.165, 1.54) is 44.6 Å². The van der Waals surface area contributed by atoms with E-state index in [1.54, 1.807) is 11.1 Å². The van der Waals surface area contributed by atoms with Gasteiger partial charge in [0.25, 0.3) is 0 Å². The Kier molecular flexibility index (Phi) is 6.09. The fraction of sp³-hybridized carbons (Fsp3) is 0.769. The number of hydrogen-bond acceptors (Lipinski definition) is 2. The average Bonchev–Trinajstić information content (AvgIpc) is 3.03. The molecule has 0 heterocycles. The number of aryl methyl sites for hydroxylation is 1. The molecule has 4 rings (SSSR count). The van der Waals surface area contributed by atoms with E-state index in [4.69, 9.17) is 8.85 Å². The quantitative estimate of drug-likeness (QED) is 0.417. The van der Waals surface area contributed by atoms with Crippen LogP contribution in [0, 0.1) is 17.3 Å². The molecule has 5 unspecified atom stereocenters. The van der Waals surface area contributed by atoms with Crippen LogP contribution in [0.4, 0.5) is 0 Å². The first kappa shape index (κ1) is 22.6. The van der Waals surface area contributed by atoms with Gasteiger partial charge in [-0.15, -0.1) is 0 Å². The third-order valence-electron chi connectivity index (χ3n) is 9.17. The fourth-order valence-corrected chi connectivity index (χ4v) is 8.86. The zero-order valence-electron chi connectivity index (χ0n) is 20.5. The van der Waals surface area contributed by atoms with Crippen LogP contribution in [0.2, 0.25) is 38.3 Å². The highest BCUT2D eigenvalue weighted by molar-refractivity contribution is 6.71. The van der Waals surface area contributed by atoms with E-state index in [2.05, 4.69) is 65.2 Å². The minimum absolute atomic E-state index is 0.401. The van der Waals surface area contributed by atoms with Gasteiger partial charge in [0.2, 0.25) is 8.32 Å². The Bertz CT molecular complexity index is 774. The molecule has 0 spiro atoms. The third-order valence-corrected chi connectivity index (χ3v) is 14.3. The molecule has 168 valence electrons. The van der Waals surface area contributed by atoms with Crippen molar-refractivity contribution < 1.29 is 8.85 Å². The fourth-order valence-electron chi connectivity index (χ4n) is 6.63. The number of benzene rings is 1. The molecule has 0 aromatic heterocycles. The van der Waals surface area contributed by atoms with Crippen LogP contribution in [0.5, 0.6) is 5.75 Å². The van der Waals surface area contributed by atoms with Crippen LogP contribution in [0.3, 0.4) is 0 Å². The molecule has 1 aromatic rings. The highest BCUT2D eigenvalue weighted by Gasteiger charge is 2.56. The summed E-state index contributed by atoms with van der Waals surface area (Å²) in [5.41, 5.74) is 3.62. The lowest BCUT2D eigenvalue weighted by atomic mass is 9.55. The van der Waals surface area contributed by atoms with Gasteiger partial charge in [-0.1, -0.05) is 26.8 Å². The van der Waals surface area contributed by atoms with Gasteiger partial charge in [-0.3, -0.25) is 0 Å². The molecule has 0 saturated heterocycles. The summed E-state index contributed by atoms with van der Waals surface area (Å²) < 4.78 is 13.3. The van der Waals surface area contributed by atoms with Crippen LogP contribution in [0.25, 0.3) is 0 Å². The predicted octanol–water partition coefficient (Wildman–Crippen LogP) is 7.76. The van der Waals surface area contributed by atoms with Crippen molar-refractivity contribution in [3.05, 3.63) is 29.3 Å². The molecule has 0 aliphatic heterocycles. The van der Waals surface area contributed by atoms with Gasteiger partial charge >= 0.3 is 0 Å². The molecule has 4 heteroatoms. The van der Waals surface area contributed by atoms with Gasteiger partial charge in [0, 0.05) is 0 Å². The largest absolute Gasteiger partial charge is 0.544 e. The van der Waals surface area contributed by atoms with E-state index in [0.717, 1.165) is 29.5 Å². The Hall–Kier alpha value is -0.586. The molecular formula is C26H44O2Si2. The molecule has 3 aliphatic carbocycles. The lowest BCUT2D eigenvalue weighted by Crippen LogP contribution is -2.47. The lowest BCUT2D eigenvalue weighted by molar-refractivity contribution is -0.0145. The van der Waals surface area contributed by atoms with Crippen molar-refractivity contribution in [3.63, 3.8) is 0 Å². The van der Waals surface area contributed by atoms with Gasteiger partial charge in [0.1, 0.15) is 5.75 Å². The van der Waals surface area contributed by atoms with Crippen LogP contribution in [0.1, 0.15) is 69.9 Å². The second-order valence-corrected chi connectivity index (χ2v) is 20.7. The van der Waals surface area contributed by atoms with Crippen molar-refractivity contribution in [2.24, 2.45) is 17.3 Å². The summed E-state index contributed by atoms with van der Waals surface area (Å²) in [6, 6.07) is 9.48. The van der Waals surface area contributed by atoms with Crippen LogP contribution in [0.15, 0.2) is 18.2 Å². The first-order valence-electron chi connectivity index (χ1n) is 12.6. The normalized spacial score (nSPS) is 33.6. The molecule has 3 aliphatic rings. The van der Waals surface area contributed by atoms with Crippen LogP contribution in [-0.4, -0.2) is 22.7 Å². The van der Waals surface area contributed by atoms with Gasteiger partial charge in [0.05, 0.1) is 6.10 Å². The van der Waals surface area contributed by atoms with E-state index in [1.807, 2.05) is 0 Å². The van der Waals surface area contributed by atoms with Gasteiger partial charge in [0.15, 0.2) is 8.32 Å². The Morgan fingerprint density at radius 1 is 0.967 bits per heavy atom. The smallest absolute Gasteiger partial charge is 0.244 e. The molecule has 2 fully saturated rings. The van der Waals surface area contributed by atoms with Crippen LogP contribution >= 0.6 is 0 Å². The van der Waals surface area contributed by atoms with Crippen molar-refractivity contribution in [2.45, 2.75) is 110 Å². The van der Waals surface area contributed by atoms with Crippen molar-refractivity contribution in [3.8, 4) is 5.75 Å². The summed E-state index contributed by atoms with van der Waals surface area (Å²) in [7, 11) is -3.07. The zero-order valence-corrected chi connectivity index (χ0v) is 22.5. The first-order valence-corrected chi connectivity index (χ1v) is 18.8. The molecule has 1 aromatic carbocycles. The monoisotopic (exact) mass is 444 g/mol. The molecule has 0 radical (unpaired) electrons. The van der Waals surface area contributed by atoms with Crippen LogP contribution < -0.4 is 4.43 Å². The van der Waals surface area contributed by atoms with E-state index in [-0.39, 0.29) is 0 Å². The Balaban J connectivity index is 1.53. The first-order chi connectivity index (χ1) is 14.1. The van der Waals surface area contributed by atoms with Gasteiger partial charge in [-0.2, -0.15) is 0 Å². The van der Waals surface area contributed by atoms with E-state index in [9.17, 15) is 0 Å². The minimum atomic E-state index is -1.57. The highest BCUT2D eigenvalue weighted by Crippen LogP contribution is 2.62. The van der Waals surface area contributed by atoms with E-state index in [0.29, 0.717) is 11.5 Å². The van der Waals surface area contributed by atoms with Gasteiger partial charge in [-0.05, 0) is 123 Å². The van der Waals surface area contributed by atoms with E-state index >= 15 is 0 Å². The number of hydrogen-bond donors (Lipinski definition) is 0. The number of rotatable bonds is 6. The summed E-state index contributed by atoms with van der Waals surface area (Å²) in [5, 5.41) is 0. The van der Waals surface area contributed by atoms with E-state index < -0.39 is 16.6 Å². The highest BCUT2D eigenvalue weighted by atomic mass is 28.4. The molecule has 5 atom stereocenters. The Morgan fingerprint density at radius 2 is 1.70 bits per heavy atom. The Labute approximate surface area is 187 Å². The van der Waals surface area contributed by atoms with Crippen molar-refractivity contribution >= 4 is 16.6 Å². The van der Waals surface area contributed by atoms with Crippen molar-refractivity contribution in [2.75, 3.05) is 0 Å². The zero-order chi connectivity index (χ0) is 21.7. The molecular weight excluding hydrogens is 400 g/mol. The van der Waals surface area contributed by atoms with Gasteiger partial charge in [-0.25, -0.2) is 0 Å². The molecule has 2 saturated carbocycles. The predicted molar refractivity (Wildman–Crippen MR) is 132 cm³/mol. The standard InChI is InChI=1S/C26H44O2Si2/c1-8-29(4,5)27-20-11-13-21-19(18-20)10-12-23-22(21)16-17-26(3)24(23)14-15-25(26)28-30(6,7)9-2/h11,13,18,22-25H,8-10,12,14-17H2,1-7H3. The molecule has 0 N–H and O–H groups in total. The molecule has 2 nitrogen and oxygen atoms in total.